The Morgan fingerprint density at radius 2 is 1.79 bits per heavy atom. The predicted octanol–water partition coefficient (Wildman–Crippen LogP) is 3.01. The minimum atomic E-state index is -0.623. The monoisotopic (exact) mass is 331 g/mol. The van der Waals surface area contributed by atoms with Crippen LogP contribution in [0.5, 0.6) is 0 Å². The van der Waals surface area contributed by atoms with Gasteiger partial charge in [0.05, 0.1) is 12.2 Å². The maximum atomic E-state index is 11.1. The number of allylic oxidation sites excluding steroid dienone is 1. The molecule has 4 N–H and O–H groups in total. The van der Waals surface area contributed by atoms with Crippen LogP contribution in [0.4, 0.5) is 0 Å². The summed E-state index contributed by atoms with van der Waals surface area (Å²) >= 11 is 0. The van der Waals surface area contributed by atoms with E-state index in [1.54, 1.807) is 0 Å². The fraction of sp³-hybridized carbons (Fsp3) is 0.857. The number of fused-ring (bicyclic) bond motifs is 5. The molecule has 0 aromatic carbocycles. The number of hydrogen-bond donors (Lipinski definition) is 3. The number of nitrogens with two attached hydrogens (primary N) is 1. The van der Waals surface area contributed by atoms with Crippen LogP contribution in [-0.4, -0.2) is 28.5 Å². The van der Waals surface area contributed by atoms with Crippen LogP contribution in [0.25, 0.3) is 0 Å². The SMILES string of the molecule is C=C=C1CCC2C3C(CC[C@]12C)[C@@]1(C)CC[C@H](N)CC1[C@@H](O)[C@@H]3O. The highest BCUT2D eigenvalue weighted by Gasteiger charge is 2.64. The van der Waals surface area contributed by atoms with Gasteiger partial charge in [0, 0.05) is 6.04 Å². The first-order valence-electron chi connectivity index (χ1n) is 9.84. The molecule has 4 aliphatic carbocycles. The first-order valence-corrected chi connectivity index (χ1v) is 9.84. The summed E-state index contributed by atoms with van der Waals surface area (Å²) in [5, 5.41) is 22.1. The normalized spacial score (nSPS) is 56.9. The largest absolute Gasteiger partial charge is 0.390 e. The van der Waals surface area contributed by atoms with Crippen LogP contribution in [0, 0.1) is 34.5 Å². The van der Waals surface area contributed by atoms with E-state index in [9.17, 15) is 10.2 Å². The molecule has 3 nitrogen and oxygen atoms in total. The summed E-state index contributed by atoms with van der Waals surface area (Å²) in [5.41, 5.74) is 11.0. The van der Waals surface area contributed by atoms with E-state index in [1.807, 2.05) is 0 Å². The highest BCUT2D eigenvalue weighted by atomic mass is 16.3. The molecule has 0 spiro atoms. The zero-order valence-electron chi connectivity index (χ0n) is 15.2. The van der Waals surface area contributed by atoms with Crippen molar-refractivity contribution in [2.75, 3.05) is 0 Å². The van der Waals surface area contributed by atoms with E-state index in [2.05, 4.69) is 26.2 Å². The van der Waals surface area contributed by atoms with Crippen molar-refractivity contribution >= 4 is 0 Å². The van der Waals surface area contributed by atoms with Gasteiger partial charge < -0.3 is 15.9 Å². The zero-order chi connectivity index (χ0) is 17.3. The van der Waals surface area contributed by atoms with E-state index in [4.69, 9.17) is 5.73 Å². The maximum absolute atomic E-state index is 11.1. The Morgan fingerprint density at radius 3 is 2.50 bits per heavy atom. The summed E-state index contributed by atoms with van der Waals surface area (Å²) in [6, 6.07) is 0.178. The van der Waals surface area contributed by atoms with Crippen molar-refractivity contribution < 1.29 is 10.2 Å². The molecule has 0 aromatic heterocycles. The third kappa shape index (κ3) is 2.02. The lowest BCUT2D eigenvalue weighted by Crippen LogP contribution is -2.64. The average molecular weight is 332 g/mol. The lowest BCUT2D eigenvalue weighted by molar-refractivity contribution is -0.210. The minimum Gasteiger partial charge on any atom is -0.390 e. The van der Waals surface area contributed by atoms with Crippen molar-refractivity contribution in [3.63, 3.8) is 0 Å². The van der Waals surface area contributed by atoms with Gasteiger partial charge in [-0.25, -0.2) is 0 Å². The molecule has 134 valence electrons. The molecule has 0 radical (unpaired) electrons. The third-order valence-electron chi connectivity index (χ3n) is 8.79. The highest BCUT2D eigenvalue weighted by Crippen LogP contribution is 2.67. The molecule has 3 heteroatoms. The van der Waals surface area contributed by atoms with E-state index < -0.39 is 12.2 Å². The predicted molar refractivity (Wildman–Crippen MR) is 95.1 cm³/mol. The van der Waals surface area contributed by atoms with Gasteiger partial charge in [-0.3, -0.25) is 0 Å². The van der Waals surface area contributed by atoms with E-state index in [1.165, 1.54) is 12.0 Å². The Bertz CT molecular complexity index is 582. The van der Waals surface area contributed by atoms with Gasteiger partial charge in [-0.05, 0) is 85.0 Å². The Balaban J connectivity index is 1.74. The molecule has 0 saturated heterocycles. The van der Waals surface area contributed by atoms with Crippen molar-refractivity contribution in [2.24, 2.45) is 40.2 Å². The van der Waals surface area contributed by atoms with Gasteiger partial charge >= 0.3 is 0 Å². The van der Waals surface area contributed by atoms with Gasteiger partial charge in [0.15, 0.2) is 0 Å². The second kappa shape index (κ2) is 5.45. The van der Waals surface area contributed by atoms with Crippen molar-refractivity contribution in [1.82, 2.24) is 0 Å². The van der Waals surface area contributed by atoms with Crippen LogP contribution in [-0.2, 0) is 0 Å². The van der Waals surface area contributed by atoms with E-state index in [0.717, 1.165) is 38.5 Å². The lowest BCUT2D eigenvalue weighted by atomic mass is 9.43. The van der Waals surface area contributed by atoms with Gasteiger partial charge in [0.2, 0.25) is 0 Å². The standard InChI is InChI=1S/C21H33NO2/c1-4-12-5-6-14-17-15(8-10-20(12,14)2)21(3)9-7-13(22)11-16(21)18(23)19(17)24/h13-19,23-24H,1,5-11,22H2,2-3H3/t13-,14?,15?,16?,17?,18+,19+,20+,21+/m0/s1. The van der Waals surface area contributed by atoms with Crippen LogP contribution in [0.1, 0.15) is 58.8 Å². The molecule has 24 heavy (non-hydrogen) atoms. The van der Waals surface area contributed by atoms with Crippen LogP contribution >= 0.6 is 0 Å². The van der Waals surface area contributed by atoms with Crippen molar-refractivity contribution in [3.05, 3.63) is 17.9 Å². The molecule has 4 unspecified atom stereocenters. The number of aliphatic hydroxyl groups is 2. The summed E-state index contributed by atoms with van der Waals surface area (Å²) in [4.78, 5) is 0. The number of rotatable bonds is 0. The molecule has 0 amide bonds. The van der Waals surface area contributed by atoms with Crippen molar-refractivity contribution in [1.29, 1.82) is 0 Å². The van der Waals surface area contributed by atoms with Gasteiger partial charge in [0.25, 0.3) is 0 Å². The first kappa shape index (κ1) is 16.8. The summed E-state index contributed by atoms with van der Waals surface area (Å²) in [5.74, 6) is 1.33. The van der Waals surface area contributed by atoms with Crippen LogP contribution < -0.4 is 5.73 Å². The number of hydrogen-bond acceptors (Lipinski definition) is 3. The van der Waals surface area contributed by atoms with Gasteiger partial charge in [0.1, 0.15) is 0 Å². The zero-order valence-corrected chi connectivity index (χ0v) is 15.2. The molecule has 0 heterocycles. The fourth-order valence-electron chi connectivity index (χ4n) is 7.40. The molecule has 0 bridgehead atoms. The molecular formula is C21H33NO2. The van der Waals surface area contributed by atoms with Crippen LogP contribution in [0.3, 0.4) is 0 Å². The number of aliphatic hydroxyl groups excluding tert-OH is 2. The molecule has 9 atom stereocenters. The van der Waals surface area contributed by atoms with Crippen LogP contribution in [0.2, 0.25) is 0 Å². The summed E-state index contributed by atoms with van der Waals surface area (Å²) in [6.45, 7) is 8.64. The first-order chi connectivity index (χ1) is 11.3. The Labute approximate surface area is 146 Å². The van der Waals surface area contributed by atoms with Gasteiger partial charge in [-0.1, -0.05) is 20.4 Å². The molecule has 4 rings (SSSR count). The second-order valence-corrected chi connectivity index (χ2v) is 9.57. The van der Waals surface area contributed by atoms with E-state index >= 15 is 0 Å². The second-order valence-electron chi connectivity index (χ2n) is 9.57. The molecular weight excluding hydrogens is 298 g/mol. The molecule has 4 aliphatic rings. The fourth-order valence-corrected chi connectivity index (χ4v) is 7.40. The topological polar surface area (TPSA) is 66.5 Å². The Kier molecular flexibility index (Phi) is 3.82. The quantitative estimate of drug-likeness (QED) is 0.598. The molecule has 4 fully saturated rings. The summed E-state index contributed by atoms with van der Waals surface area (Å²) in [7, 11) is 0. The van der Waals surface area contributed by atoms with Gasteiger partial charge in [-0.2, -0.15) is 0 Å². The van der Waals surface area contributed by atoms with Crippen molar-refractivity contribution in [3.8, 4) is 0 Å². The van der Waals surface area contributed by atoms with Gasteiger partial charge in [-0.15, -0.1) is 5.73 Å². The van der Waals surface area contributed by atoms with Crippen molar-refractivity contribution in [2.45, 2.75) is 77.0 Å². The van der Waals surface area contributed by atoms with E-state index in [-0.39, 0.29) is 28.7 Å². The molecule has 0 aromatic rings. The average Bonchev–Trinajstić information content (AvgIpc) is 2.90. The maximum Gasteiger partial charge on any atom is 0.0836 e. The third-order valence-corrected chi connectivity index (χ3v) is 8.79. The minimum absolute atomic E-state index is 0.123. The van der Waals surface area contributed by atoms with Crippen LogP contribution in [0.15, 0.2) is 17.9 Å². The lowest BCUT2D eigenvalue weighted by Gasteiger charge is -2.63. The smallest absolute Gasteiger partial charge is 0.0836 e. The summed E-state index contributed by atoms with van der Waals surface area (Å²) in [6.07, 6.45) is 6.27. The highest BCUT2D eigenvalue weighted by molar-refractivity contribution is 5.24. The molecule has 4 saturated carbocycles. The van der Waals surface area contributed by atoms with E-state index in [0.29, 0.717) is 11.8 Å². The summed E-state index contributed by atoms with van der Waals surface area (Å²) < 4.78 is 0. The Morgan fingerprint density at radius 1 is 1.04 bits per heavy atom. The molecule has 0 aliphatic heterocycles. The Hall–Kier alpha value is -0.600.